The molecule has 1 aromatic rings. The first-order valence-corrected chi connectivity index (χ1v) is 10.1. The standard InChI is InChI=1S/C17H29N3O4S/c1-5-7-8-14(6-2)11-18-16(21)13-20-12-15(9-10-17(20)22)25(23,24)19(3)4/h9-10,12,14H,5-8,11,13H2,1-4H3,(H,18,21)/t14-/m0/s1. The maximum Gasteiger partial charge on any atom is 0.251 e. The van der Waals surface area contributed by atoms with E-state index in [0.29, 0.717) is 12.5 Å². The molecule has 0 unspecified atom stereocenters. The van der Waals surface area contributed by atoms with Crippen molar-refractivity contribution in [2.75, 3.05) is 20.6 Å². The Hall–Kier alpha value is -1.67. The Morgan fingerprint density at radius 1 is 1.28 bits per heavy atom. The van der Waals surface area contributed by atoms with Crippen LogP contribution in [0.4, 0.5) is 0 Å². The van der Waals surface area contributed by atoms with Gasteiger partial charge in [0.05, 0.1) is 4.90 Å². The van der Waals surface area contributed by atoms with Gasteiger partial charge in [-0.2, -0.15) is 0 Å². The van der Waals surface area contributed by atoms with E-state index in [-0.39, 0.29) is 17.3 Å². The normalized spacial score (nSPS) is 13.0. The molecule has 8 heteroatoms. The lowest BCUT2D eigenvalue weighted by Crippen LogP contribution is -2.35. The van der Waals surface area contributed by atoms with E-state index < -0.39 is 15.6 Å². The number of carbonyl (C=O) groups excluding carboxylic acids is 1. The van der Waals surface area contributed by atoms with Crippen LogP contribution in [-0.4, -0.2) is 43.8 Å². The van der Waals surface area contributed by atoms with Crippen LogP contribution in [0.2, 0.25) is 0 Å². The minimum atomic E-state index is -3.65. The monoisotopic (exact) mass is 371 g/mol. The van der Waals surface area contributed by atoms with Crippen molar-refractivity contribution in [1.29, 1.82) is 0 Å². The van der Waals surface area contributed by atoms with Crippen LogP contribution in [-0.2, 0) is 21.4 Å². The molecule has 1 amide bonds. The lowest BCUT2D eigenvalue weighted by atomic mass is 9.99. The summed E-state index contributed by atoms with van der Waals surface area (Å²) in [5, 5.41) is 2.84. The van der Waals surface area contributed by atoms with Gasteiger partial charge in [-0.05, 0) is 18.4 Å². The minimum Gasteiger partial charge on any atom is -0.354 e. The van der Waals surface area contributed by atoms with E-state index >= 15 is 0 Å². The number of pyridine rings is 1. The lowest BCUT2D eigenvalue weighted by molar-refractivity contribution is -0.121. The summed E-state index contributed by atoms with van der Waals surface area (Å²) in [6.07, 6.45) is 5.50. The smallest absolute Gasteiger partial charge is 0.251 e. The summed E-state index contributed by atoms with van der Waals surface area (Å²) in [6, 6.07) is 2.42. The zero-order chi connectivity index (χ0) is 19.0. The van der Waals surface area contributed by atoms with E-state index in [9.17, 15) is 18.0 Å². The summed E-state index contributed by atoms with van der Waals surface area (Å²) in [4.78, 5) is 24.0. The highest BCUT2D eigenvalue weighted by Crippen LogP contribution is 2.12. The number of unbranched alkanes of at least 4 members (excludes halogenated alkanes) is 1. The van der Waals surface area contributed by atoms with Crippen molar-refractivity contribution in [2.24, 2.45) is 5.92 Å². The van der Waals surface area contributed by atoms with Gasteiger partial charge in [0.2, 0.25) is 15.9 Å². The molecule has 0 saturated heterocycles. The van der Waals surface area contributed by atoms with Gasteiger partial charge in [0.15, 0.2) is 0 Å². The molecule has 1 heterocycles. The zero-order valence-electron chi connectivity index (χ0n) is 15.5. The summed E-state index contributed by atoms with van der Waals surface area (Å²) < 4.78 is 26.5. The highest BCUT2D eigenvalue weighted by Gasteiger charge is 2.18. The molecule has 1 rings (SSSR count). The summed E-state index contributed by atoms with van der Waals surface area (Å²) in [5.41, 5.74) is -0.411. The van der Waals surface area contributed by atoms with Crippen LogP contribution in [0, 0.1) is 5.92 Å². The Kier molecular flexibility index (Phi) is 8.31. The number of nitrogens with zero attached hydrogens (tertiary/aromatic N) is 2. The van der Waals surface area contributed by atoms with Gasteiger partial charge in [0.25, 0.3) is 5.56 Å². The van der Waals surface area contributed by atoms with Crippen molar-refractivity contribution in [2.45, 2.75) is 51.0 Å². The minimum absolute atomic E-state index is 0.0146. The molecule has 1 N–H and O–H groups in total. The van der Waals surface area contributed by atoms with Gasteiger partial charge in [-0.15, -0.1) is 0 Å². The predicted molar refractivity (Wildman–Crippen MR) is 97.9 cm³/mol. The number of aromatic nitrogens is 1. The lowest BCUT2D eigenvalue weighted by Gasteiger charge is -2.16. The van der Waals surface area contributed by atoms with Gasteiger partial charge in [-0.3, -0.25) is 9.59 Å². The second-order valence-corrected chi connectivity index (χ2v) is 8.49. The van der Waals surface area contributed by atoms with E-state index in [2.05, 4.69) is 19.2 Å². The molecule has 1 aromatic heterocycles. The summed E-state index contributed by atoms with van der Waals surface area (Å²) in [5.74, 6) is 0.123. The maximum absolute atomic E-state index is 12.1. The summed E-state index contributed by atoms with van der Waals surface area (Å²) in [7, 11) is -0.819. The van der Waals surface area contributed by atoms with Crippen molar-refractivity contribution in [3.63, 3.8) is 0 Å². The summed E-state index contributed by atoms with van der Waals surface area (Å²) in [6.45, 7) is 4.60. The number of sulfonamides is 1. The van der Waals surface area contributed by atoms with Gasteiger partial charge in [-0.25, -0.2) is 12.7 Å². The van der Waals surface area contributed by atoms with Crippen LogP contribution in [0.5, 0.6) is 0 Å². The van der Waals surface area contributed by atoms with Crippen LogP contribution in [0.3, 0.4) is 0 Å². The topological polar surface area (TPSA) is 88.5 Å². The molecule has 1 atom stereocenters. The van der Waals surface area contributed by atoms with Gasteiger partial charge in [-0.1, -0.05) is 33.1 Å². The number of amides is 1. The molecule has 0 aliphatic carbocycles. The molecule has 0 fully saturated rings. The van der Waals surface area contributed by atoms with Crippen LogP contribution in [0.1, 0.15) is 39.5 Å². The van der Waals surface area contributed by atoms with Crippen LogP contribution in [0.15, 0.2) is 28.0 Å². The number of hydrogen-bond donors (Lipinski definition) is 1. The average Bonchev–Trinajstić information content (AvgIpc) is 2.56. The fraction of sp³-hybridized carbons (Fsp3) is 0.647. The molecular formula is C17H29N3O4S. The van der Waals surface area contributed by atoms with Gasteiger partial charge in [0.1, 0.15) is 6.54 Å². The Balaban J connectivity index is 2.79. The van der Waals surface area contributed by atoms with E-state index in [1.807, 2.05) is 0 Å². The predicted octanol–water partition coefficient (Wildman–Crippen LogP) is 1.43. The molecule has 0 saturated carbocycles. The van der Waals surface area contributed by atoms with Crippen LogP contribution < -0.4 is 10.9 Å². The Bertz CT molecular complexity index is 726. The average molecular weight is 372 g/mol. The second kappa shape index (κ2) is 9.72. The first-order chi connectivity index (χ1) is 11.7. The fourth-order valence-electron chi connectivity index (χ4n) is 2.41. The molecule has 142 valence electrons. The largest absolute Gasteiger partial charge is 0.354 e. The third-order valence-corrected chi connectivity index (χ3v) is 5.98. The second-order valence-electron chi connectivity index (χ2n) is 6.34. The maximum atomic E-state index is 12.1. The van der Waals surface area contributed by atoms with Crippen molar-refractivity contribution in [3.8, 4) is 0 Å². The molecule has 25 heavy (non-hydrogen) atoms. The first-order valence-electron chi connectivity index (χ1n) is 8.62. The van der Waals surface area contributed by atoms with Gasteiger partial charge >= 0.3 is 0 Å². The molecule has 7 nitrogen and oxygen atoms in total. The first kappa shape index (κ1) is 21.4. The van der Waals surface area contributed by atoms with Crippen molar-refractivity contribution in [1.82, 2.24) is 14.2 Å². The van der Waals surface area contributed by atoms with Crippen molar-refractivity contribution in [3.05, 3.63) is 28.7 Å². The molecule has 0 bridgehead atoms. The Morgan fingerprint density at radius 3 is 2.52 bits per heavy atom. The SMILES string of the molecule is CCCC[C@H](CC)CNC(=O)Cn1cc(S(=O)(=O)N(C)C)ccc1=O. The molecular weight excluding hydrogens is 342 g/mol. The fourth-order valence-corrected chi connectivity index (χ4v) is 3.33. The number of nitrogens with one attached hydrogen (secondary N) is 1. The molecule has 0 aliphatic rings. The van der Waals surface area contributed by atoms with E-state index in [4.69, 9.17) is 0 Å². The Morgan fingerprint density at radius 2 is 1.96 bits per heavy atom. The third kappa shape index (κ3) is 6.28. The molecule has 0 radical (unpaired) electrons. The van der Waals surface area contributed by atoms with E-state index in [1.54, 1.807) is 0 Å². The third-order valence-electron chi connectivity index (χ3n) is 4.18. The highest BCUT2D eigenvalue weighted by molar-refractivity contribution is 7.89. The molecule has 0 aliphatic heterocycles. The number of carbonyl (C=O) groups is 1. The van der Waals surface area contributed by atoms with Gasteiger partial charge < -0.3 is 9.88 Å². The molecule has 0 aromatic carbocycles. The van der Waals surface area contributed by atoms with Crippen LogP contribution >= 0.6 is 0 Å². The zero-order valence-corrected chi connectivity index (χ0v) is 16.3. The van der Waals surface area contributed by atoms with E-state index in [0.717, 1.165) is 34.6 Å². The van der Waals surface area contributed by atoms with Crippen LogP contribution in [0.25, 0.3) is 0 Å². The van der Waals surface area contributed by atoms with Crippen molar-refractivity contribution < 1.29 is 13.2 Å². The quantitative estimate of drug-likeness (QED) is 0.674. The highest BCUT2D eigenvalue weighted by atomic mass is 32.2. The Labute approximate surface area is 150 Å². The van der Waals surface area contributed by atoms with E-state index in [1.165, 1.54) is 32.4 Å². The van der Waals surface area contributed by atoms with Crippen molar-refractivity contribution >= 4 is 15.9 Å². The number of hydrogen-bond acceptors (Lipinski definition) is 4. The summed E-state index contributed by atoms with van der Waals surface area (Å²) >= 11 is 0. The number of rotatable bonds is 10. The van der Waals surface area contributed by atoms with Gasteiger partial charge in [0, 0.05) is 32.9 Å². The molecule has 0 spiro atoms.